The van der Waals surface area contributed by atoms with Gasteiger partial charge < -0.3 is 18.9 Å². The van der Waals surface area contributed by atoms with E-state index >= 15 is 0 Å². The van der Waals surface area contributed by atoms with E-state index in [1.165, 1.54) is 20.3 Å². The minimum Gasteiger partial charge on any atom is -0.493 e. The molecule has 26 heavy (non-hydrogen) atoms. The fourth-order valence-electron chi connectivity index (χ4n) is 2.05. The molecular formula is C19H17NO6. The topological polar surface area (TPSA) is 94.9 Å². The lowest BCUT2D eigenvalue weighted by Gasteiger charge is -2.09. The van der Waals surface area contributed by atoms with E-state index in [2.05, 4.69) is 0 Å². The van der Waals surface area contributed by atoms with Gasteiger partial charge in [-0.2, -0.15) is 5.26 Å². The predicted molar refractivity (Wildman–Crippen MR) is 91.5 cm³/mol. The summed E-state index contributed by atoms with van der Waals surface area (Å²) in [7, 11) is 2.96. The molecule has 7 nitrogen and oxygen atoms in total. The zero-order chi connectivity index (χ0) is 18.9. The van der Waals surface area contributed by atoms with Gasteiger partial charge in [0, 0.05) is 5.56 Å². The summed E-state index contributed by atoms with van der Waals surface area (Å²) in [5.74, 6) is 0.277. The van der Waals surface area contributed by atoms with Crippen molar-refractivity contribution in [2.75, 3.05) is 27.4 Å². The highest BCUT2D eigenvalue weighted by Gasteiger charge is 2.13. The molecule has 0 aliphatic carbocycles. The summed E-state index contributed by atoms with van der Waals surface area (Å²) in [4.78, 5) is 23.8. The highest BCUT2D eigenvalue weighted by atomic mass is 16.6. The first kappa shape index (κ1) is 18.8. The van der Waals surface area contributed by atoms with Gasteiger partial charge in [0.15, 0.2) is 30.5 Å². The number of Topliss-reactive ketones (excluding diaryl/α,β-unsaturated/α-hetero) is 1. The number of hydrogen-bond acceptors (Lipinski definition) is 7. The lowest BCUT2D eigenvalue weighted by atomic mass is 10.1. The van der Waals surface area contributed by atoms with E-state index in [0.717, 1.165) is 0 Å². The molecule has 0 aromatic heterocycles. The van der Waals surface area contributed by atoms with Gasteiger partial charge in [0.1, 0.15) is 5.75 Å². The minimum absolute atomic E-state index is 0.337. The SMILES string of the molecule is COc1ccc(C(=O)COC(=O)COc2ccc(C#N)cc2)cc1OC. The second kappa shape index (κ2) is 9.08. The molecule has 134 valence electrons. The van der Waals surface area contributed by atoms with Crippen LogP contribution in [-0.4, -0.2) is 39.2 Å². The van der Waals surface area contributed by atoms with Crippen molar-refractivity contribution in [1.29, 1.82) is 5.26 Å². The molecule has 0 unspecified atom stereocenters. The molecule has 0 radical (unpaired) electrons. The maximum Gasteiger partial charge on any atom is 0.344 e. The van der Waals surface area contributed by atoms with Crippen molar-refractivity contribution in [3.8, 4) is 23.3 Å². The quantitative estimate of drug-likeness (QED) is 0.530. The van der Waals surface area contributed by atoms with Crippen LogP contribution in [0.1, 0.15) is 15.9 Å². The highest BCUT2D eigenvalue weighted by Crippen LogP contribution is 2.27. The molecular weight excluding hydrogens is 338 g/mol. The van der Waals surface area contributed by atoms with Crippen LogP contribution in [0.4, 0.5) is 0 Å². The Labute approximate surface area is 150 Å². The van der Waals surface area contributed by atoms with E-state index in [9.17, 15) is 9.59 Å². The van der Waals surface area contributed by atoms with E-state index in [-0.39, 0.29) is 12.4 Å². The molecule has 0 atom stereocenters. The molecule has 0 aliphatic heterocycles. The number of methoxy groups -OCH3 is 2. The van der Waals surface area contributed by atoms with Crippen LogP contribution in [0.2, 0.25) is 0 Å². The maximum absolute atomic E-state index is 12.1. The van der Waals surface area contributed by atoms with Crippen molar-refractivity contribution in [2.45, 2.75) is 0 Å². The minimum atomic E-state index is -0.678. The zero-order valence-corrected chi connectivity index (χ0v) is 14.4. The molecule has 0 saturated carbocycles. The van der Waals surface area contributed by atoms with Crippen molar-refractivity contribution in [3.05, 3.63) is 53.6 Å². The fourth-order valence-corrected chi connectivity index (χ4v) is 2.05. The summed E-state index contributed by atoms with van der Waals surface area (Å²) in [5, 5.41) is 8.71. The Morgan fingerprint density at radius 3 is 2.27 bits per heavy atom. The third kappa shape index (κ3) is 4.98. The number of nitriles is 1. The first-order valence-electron chi connectivity index (χ1n) is 7.61. The van der Waals surface area contributed by atoms with Crippen LogP contribution in [0, 0.1) is 11.3 Å². The lowest BCUT2D eigenvalue weighted by Crippen LogP contribution is -2.19. The summed E-state index contributed by atoms with van der Waals surface area (Å²) in [6.45, 7) is -0.754. The fraction of sp³-hybridized carbons (Fsp3) is 0.211. The Morgan fingerprint density at radius 2 is 1.65 bits per heavy atom. The standard InChI is InChI=1S/C19H17NO6/c1-23-17-8-5-14(9-18(17)24-2)16(21)11-26-19(22)12-25-15-6-3-13(10-20)4-7-15/h3-9H,11-12H2,1-2H3. The Balaban J connectivity index is 1.84. The number of carbonyl (C=O) groups excluding carboxylic acids is 2. The highest BCUT2D eigenvalue weighted by molar-refractivity contribution is 5.98. The smallest absolute Gasteiger partial charge is 0.344 e. The van der Waals surface area contributed by atoms with Crippen molar-refractivity contribution in [2.24, 2.45) is 0 Å². The number of hydrogen-bond donors (Lipinski definition) is 0. The van der Waals surface area contributed by atoms with Crippen LogP contribution in [0.25, 0.3) is 0 Å². The molecule has 0 spiro atoms. The van der Waals surface area contributed by atoms with Gasteiger partial charge in [-0.25, -0.2) is 4.79 Å². The summed E-state index contributed by atoms with van der Waals surface area (Å²) in [6, 6.07) is 12.9. The monoisotopic (exact) mass is 355 g/mol. The molecule has 2 aromatic carbocycles. The molecule has 2 rings (SSSR count). The number of esters is 1. The van der Waals surface area contributed by atoms with Gasteiger partial charge in [-0.05, 0) is 42.5 Å². The molecule has 0 heterocycles. The molecule has 0 N–H and O–H groups in total. The van der Waals surface area contributed by atoms with Gasteiger partial charge >= 0.3 is 5.97 Å². The molecule has 0 aliphatic rings. The number of nitrogens with zero attached hydrogens (tertiary/aromatic N) is 1. The van der Waals surface area contributed by atoms with Gasteiger partial charge in [0.25, 0.3) is 0 Å². The van der Waals surface area contributed by atoms with Crippen LogP contribution >= 0.6 is 0 Å². The van der Waals surface area contributed by atoms with E-state index in [1.807, 2.05) is 6.07 Å². The van der Waals surface area contributed by atoms with Gasteiger partial charge in [-0.15, -0.1) is 0 Å². The maximum atomic E-state index is 12.1. The van der Waals surface area contributed by atoms with Crippen LogP contribution in [-0.2, 0) is 9.53 Å². The van der Waals surface area contributed by atoms with E-state index in [0.29, 0.717) is 28.4 Å². The zero-order valence-electron chi connectivity index (χ0n) is 14.4. The van der Waals surface area contributed by atoms with Gasteiger partial charge in [-0.3, -0.25) is 4.79 Å². The Bertz CT molecular complexity index is 823. The molecule has 0 amide bonds. The number of ether oxygens (including phenoxy) is 4. The first-order valence-corrected chi connectivity index (χ1v) is 7.61. The largest absolute Gasteiger partial charge is 0.493 e. The van der Waals surface area contributed by atoms with Crippen molar-refractivity contribution >= 4 is 11.8 Å². The van der Waals surface area contributed by atoms with E-state index < -0.39 is 12.6 Å². The van der Waals surface area contributed by atoms with Crippen LogP contribution in [0.5, 0.6) is 17.2 Å². The number of ketones is 1. The van der Waals surface area contributed by atoms with Crippen LogP contribution < -0.4 is 14.2 Å². The second-order valence-electron chi connectivity index (χ2n) is 5.08. The van der Waals surface area contributed by atoms with Crippen LogP contribution in [0.3, 0.4) is 0 Å². The number of carbonyl (C=O) groups is 2. The summed E-state index contributed by atoms with van der Waals surface area (Å²) < 4.78 is 20.4. The Morgan fingerprint density at radius 1 is 0.962 bits per heavy atom. The van der Waals surface area contributed by atoms with Gasteiger partial charge in [0.05, 0.1) is 25.9 Å². The molecule has 2 aromatic rings. The van der Waals surface area contributed by atoms with E-state index in [4.69, 9.17) is 24.2 Å². The van der Waals surface area contributed by atoms with E-state index in [1.54, 1.807) is 36.4 Å². The molecule has 0 saturated heterocycles. The number of rotatable bonds is 8. The summed E-state index contributed by atoms with van der Waals surface area (Å²) >= 11 is 0. The molecule has 0 bridgehead atoms. The average Bonchev–Trinajstić information content (AvgIpc) is 2.70. The summed E-state index contributed by atoms with van der Waals surface area (Å²) in [6.07, 6.45) is 0. The number of benzene rings is 2. The normalized spacial score (nSPS) is 9.73. The first-order chi connectivity index (χ1) is 12.6. The molecule has 0 fully saturated rings. The lowest BCUT2D eigenvalue weighted by molar-refractivity contribution is -0.144. The Kier molecular flexibility index (Phi) is 6.57. The average molecular weight is 355 g/mol. The van der Waals surface area contributed by atoms with Crippen molar-refractivity contribution in [1.82, 2.24) is 0 Å². The third-order valence-electron chi connectivity index (χ3n) is 3.41. The van der Waals surface area contributed by atoms with Gasteiger partial charge in [-0.1, -0.05) is 0 Å². The predicted octanol–water partition coefficient (Wildman–Crippen LogP) is 2.38. The van der Waals surface area contributed by atoms with Crippen molar-refractivity contribution < 1.29 is 28.5 Å². The summed E-state index contributed by atoms with van der Waals surface area (Å²) in [5.41, 5.74) is 0.823. The molecule has 7 heteroatoms. The third-order valence-corrected chi connectivity index (χ3v) is 3.41. The van der Waals surface area contributed by atoms with Crippen LogP contribution in [0.15, 0.2) is 42.5 Å². The van der Waals surface area contributed by atoms with Crippen molar-refractivity contribution in [3.63, 3.8) is 0 Å². The Hall–Kier alpha value is -3.53. The second-order valence-corrected chi connectivity index (χ2v) is 5.08. The van der Waals surface area contributed by atoms with Gasteiger partial charge in [0.2, 0.25) is 0 Å².